The zero-order valence-electron chi connectivity index (χ0n) is 17.8. The zero-order valence-corrected chi connectivity index (χ0v) is 18.6. The number of nitrogens with one attached hydrogen (secondary N) is 4. The van der Waals surface area contributed by atoms with Crippen molar-refractivity contribution in [2.24, 2.45) is 0 Å². The average Bonchev–Trinajstić information content (AvgIpc) is 3.33. The third-order valence-electron chi connectivity index (χ3n) is 5.41. The first-order valence-electron chi connectivity index (χ1n) is 10.8. The molecule has 4 N–H and O–H groups in total. The molecule has 0 radical (unpaired) electrons. The van der Waals surface area contributed by atoms with Crippen LogP contribution in [0.2, 0.25) is 0 Å². The van der Waals surface area contributed by atoms with Crippen molar-refractivity contribution in [2.45, 2.75) is 55.9 Å². The first kappa shape index (κ1) is 23.5. The van der Waals surface area contributed by atoms with Crippen LogP contribution in [0, 0.1) is 23.2 Å². The predicted octanol–water partition coefficient (Wildman–Crippen LogP) is 2.12. The lowest BCUT2D eigenvalue weighted by molar-refractivity contribution is -0.121. The maximum atomic E-state index is 12.0. The Morgan fingerprint density at radius 3 is 2.66 bits per heavy atom. The topological polar surface area (TPSA) is 123 Å². The SMILES string of the molecule is N#CC#Cc1ccc(NC(=O)CCCNC(=O)CCCCC2SC[C@H]3NC(=O)N[C@H]23)cc1. The first-order valence-corrected chi connectivity index (χ1v) is 11.9. The van der Waals surface area contributed by atoms with Crippen LogP contribution < -0.4 is 21.3 Å². The van der Waals surface area contributed by atoms with Gasteiger partial charge in [0.05, 0.1) is 12.1 Å². The van der Waals surface area contributed by atoms with Gasteiger partial charge in [-0.3, -0.25) is 9.59 Å². The van der Waals surface area contributed by atoms with E-state index < -0.39 is 0 Å². The van der Waals surface area contributed by atoms with E-state index >= 15 is 0 Å². The van der Waals surface area contributed by atoms with Gasteiger partial charge < -0.3 is 21.3 Å². The van der Waals surface area contributed by atoms with E-state index in [1.54, 1.807) is 30.3 Å². The second-order valence-electron chi connectivity index (χ2n) is 7.81. The van der Waals surface area contributed by atoms with Crippen LogP contribution in [0.3, 0.4) is 0 Å². The number of hydrogen-bond donors (Lipinski definition) is 4. The number of fused-ring (bicyclic) bond motifs is 1. The van der Waals surface area contributed by atoms with Crippen molar-refractivity contribution in [2.75, 3.05) is 17.6 Å². The Kier molecular flexibility index (Phi) is 8.82. The molecule has 3 atom stereocenters. The van der Waals surface area contributed by atoms with Crippen molar-refractivity contribution in [3.05, 3.63) is 29.8 Å². The van der Waals surface area contributed by atoms with Gasteiger partial charge in [-0.1, -0.05) is 12.3 Å². The molecule has 2 heterocycles. The number of benzene rings is 1. The standard InChI is InChI=1S/C23H27N5O3S/c24-13-3-5-16-9-11-17(12-10-16)26-21(30)8-4-14-25-20(29)7-2-1-6-19-22-18(15-32-19)27-23(31)28-22/h9-12,18-19,22H,1-2,4,6-8,14-15H2,(H,25,29)(H,26,30)(H2,27,28,31)/t18-,19?,22+/m1/s1. The van der Waals surface area contributed by atoms with Crippen molar-refractivity contribution >= 4 is 35.3 Å². The highest BCUT2D eigenvalue weighted by atomic mass is 32.2. The van der Waals surface area contributed by atoms with Crippen LogP contribution in [0.5, 0.6) is 0 Å². The molecule has 0 spiro atoms. The minimum Gasteiger partial charge on any atom is -0.356 e. The molecule has 9 heteroatoms. The number of carbonyl (C=O) groups is 3. The van der Waals surface area contributed by atoms with Gasteiger partial charge in [0, 0.05) is 47.6 Å². The zero-order chi connectivity index (χ0) is 22.8. The number of anilines is 1. The fourth-order valence-electron chi connectivity index (χ4n) is 3.80. The summed E-state index contributed by atoms with van der Waals surface area (Å²) in [6, 6.07) is 9.09. The number of thioether (sulfide) groups is 1. The minimum absolute atomic E-state index is 0.00672. The number of carbonyl (C=O) groups excluding carboxylic acids is 3. The summed E-state index contributed by atoms with van der Waals surface area (Å²) < 4.78 is 0. The van der Waals surface area contributed by atoms with E-state index in [1.165, 1.54) is 0 Å². The molecule has 4 amide bonds. The number of urea groups is 1. The molecule has 2 fully saturated rings. The molecule has 168 valence electrons. The number of amides is 4. The van der Waals surface area contributed by atoms with Crippen LogP contribution in [-0.2, 0) is 9.59 Å². The number of rotatable bonds is 10. The summed E-state index contributed by atoms with van der Waals surface area (Å²) in [7, 11) is 0. The van der Waals surface area contributed by atoms with Crippen molar-refractivity contribution in [1.82, 2.24) is 16.0 Å². The molecule has 2 aliphatic heterocycles. The van der Waals surface area contributed by atoms with Gasteiger partial charge in [-0.25, -0.2) is 4.79 Å². The molecule has 0 saturated carbocycles. The fraction of sp³-hybridized carbons (Fsp3) is 0.478. The van der Waals surface area contributed by atoms with Crippen LogP contribution in [0.1, 0.15) is 44.1 Å². The van der Waals surface area contributed by atoms with Crippen LogP contribution in [0.25, 0.3) is 0 Å². The average molecular weight is 454 g/mol. The summed E-state index contributed by atoms with van der Waals surface area (Å²) in [6.45, 7) is 0.467. The van der Waals surface area contributed by atoms with E-state index in [4.69, 9.17) is 5.26 Å². The van der Waals surface area contributed by atoms with Gasteiger partial charge >= 0.3 is 6.03 Å². The first-order chi connectivity index (χ1) is 15.5. The van der Waals surface area contributed by atoms with E-state index in [2.05, 4.69) is 33.1 Å². The molecule has 1 aromatic carbocycles. The van der Waals surface area contributed by atoms with Crippen LogP contribution in [0.15, 0.2) is 24.3 Å². The third kappa shape index (κ3) is 7.21. The normalized spacial score (nSPS) is 20.7. The molecular formula is C23H27N5O3S. The van der Waals surface area contributed by atoms with Crippen LogP contribution >= 0.6 is 11.8 Å². The highest BCUT2D eigenvalue weighted by Crippen LogP contribution is 2.33. The van der Waals surface area contributed by atoms with Gasteiger partial charge in [-0.2, -0.15) is 17.0 Å². The maximum absolute atomic E-state index is 12.0. The number of unbranched alkanes of at least 4 members (excludes halogenated alkanes) is 1. The second kappa shape index (κ2) is 12.0. The summed E-state index contributed by atoms with van der Waals surface area (Å²) >= 11 is 1.89. The van der Waals surface area contributed by atoms with E-state index in [0.717, 1.165) is 25.0 Å². The Labute approximate surface area is 192 Å². The smallest absolute Gasteiger partial charge is 0.315 e. The summed E-state index contributed by atoms with van der Waals surface area (Å²) in [5, 5.41) is 20.5. The third-order valence-corrected chi connectivity index (χ3v) is 6.92. The summed E-state index contributed by atoms with van der Waals surface area (Å²) in [6.07, 6.45) is 4.12. The summed E-state index contributed by atoms with van der Waals surface area (Å²) in [4.78, 5) is 35.4. The predicted molar refractivity (Wildman–Crippen MR) is 124 cm³/mol. The lowest BCUT2D eigenvalue weighted by Gasteiger charge is -2.16. The van der Waals surface area contributed by atoms with E-state index in [9.17, 15) is 14.4 Å². The van der Waals surface area contributed by atoms with E-state index in [0.29, 0.717) is 42.3 Å². The largest absolute Gasteiger partial charge is 0.356 e. The Morgan fingerprint density at radius 2 is 1.88 bits per heavy atom. The molecule has 0 aliphatic carbocycles. The molecule has 0 aromatic heterocycles. The van der Waals surface area contributed by atoms with Gasteiger partial charge in [-0.05, 0) is 43.5 Å². The van der Waals surface area contributed by atoms with Crippen molar-refractivity contribution in [1.29, 1.82) is 5.26 Å². The van der Waals surface area contributed by atoms with E-state index in [-0.39, 0.29) is 29.9 Å². The molecule has 2 saturated heterocycles. The monoisotopic (exact) mass is 453 g/mol. The number of nitrogens with zero attached hydrogens (tertiary/aromatic N) is 1. The minimum atomic E-state index is -0.115. The Morgan fingerprint density at radius 1 is 1.09 bits per heavy atom. The van der Waals surface area contributed by atoms with Crippen molar-refractivity contribution in [3.63, 3.8) is 0 Å². The molecule has 2 aliphatic rings. The lowest BCUT2D eigenvalue weighted by atomic mass is 10.0. The highest BCUT2D eigenvalue weighted by molar-refractivity contribution is 8.00. The van der Waals surface area contributed by atoms with Crippen LogP contribution in [0.4, 0.5) is 10.5 Å². The fourth-order valence-corrected chi connectivity index (χ4v) is 5.34. The van der Waals surface area contributed by atoms with Gasteiger partial charge in [0.15, 0.2) is 6.07 Å². The molecule has 1 aromatic rings. The van der Waals surface area contributed by atoms with E-state index in [1.807, 2.05) is 11.8 Å². The quantitative estimate of drug-likeness (QED) is 0.246. The molecule has 8 nitrogen and oxygen atoms in total. The van der Waals surface area contributed by atoms with Crippen LogP contribution in [-0.4, -0.2) is 47.5 Å². The molecule has 32 heavy (non-hydrogen) atoms. The number of hydrogen-bond acceptors (Lipinski definition) is 5. The van der Waals surface area contributed by atoms with Crippen molar-refractivity contribution < 1.29 is 14.4 Å². The maximum Gasteiger partial charge on any atom is 0.315 e. The number of nitriles is 1. The van der Waals surface area contributed by atoms with Crippen molar-refractivity contribution in [3.8, 4) is 17.9 Å². The molecule has 1 unspecified atom stereocenters. The second-order valence-corrected chi connectivity index (χ2v) is 9.08. The van der Waals surface area contributed by atoms with Gasteiger partial charge in [0.2, 0.25) is 11.8 Å². The molecule has 0 bridgehead atoms. The Balaban J connectivity index is 1.22. The van der Waals surface area contributed by atoms with Gasteiger partial charge in [0.25, 0.3) is 0 Å². The van der Waals surface area contributed by atoms with Gasteiger partial charge in [0.1, 0.15) is 0 Å². The molecular weight excluding hydrogens is 426 g/mol. The highest BCUT2D eigenvalue weighted by Gasteiger charge is 2.42. The summed E-state index contributed by atoms with van der Waals surface area (Å²) in [5.74, 6) is 5.85. The molecule has 3 rings (SSSR count). The Hall–Kier alpha value is -3.17. The summed E-state index contributed by atoms with van der Waals surface area (Å²) in [5.41, 5.74) is 1.38. The Bertz CT molecular complexity index is 932. The lowest BCUT2D eigenvalue weighted by Crippen LogP contribution is -2.36. The van der Waals surface area contributed by atoms with Gasteiger partial charge in [-0.15, -0.1) is 0 Å².